The molecule has 0 fully saturated rings. The van der Waals surface area contributed by atoms with Gasteiger partial charge in [0.1, 0.15) is 0 Å². The van der Waals surface area contributed by atoms with Crippen molar-refractivity contribution in [2.45, 2.75) is 170 Å². The molecule has 0 aliphatic rings. The van der Waals surface area contributed by atoms with E-state index in [2.05, 4.69) is 90.1 Å². The summed E-state index contributed by atoms with van der Waals surface area (Å²) in [5.41, 5.74) is 10.1. The Hall–Kier alpha value is -1.82. The van der Waals surface area contributed by atoms with E-state index in [-0.39, 0.29) is 20.4 Å². The van der Waals surface area contributed by atoms with Gasteiger partial charge in [-0.1, -0.05) is 118 Å². The van der Waals surface area contributed by atoms with E-state index in [1.54, 1.807) is 0 Å². The number of hydrogen-bond donors (Lipinski definition) is 0. The van der Waals surface area contributed by atoms with Gasteiger partial charge in [-0.3, -0.25) is 4.99 Å². The van der Waals surface area contributed by atoms with Crippen LogP contribution in [0.3, 0.4) is 0 Å². The number of hydrogen-bond acceptors (Lipinski definition) is 2. The Bertz CT molecular complexity index is 1090. The molecule has 0 N–H and O–H groups in total. The molecule has 0 unspecified atom stereocenters. The number of aryl methyl sites for hydroxylation is 4. The first-order valence-corrected chi connectivity index (χ1v) is 18.6. The van der Waals surface area contributed by atoms with E-state index < -0.39 is 0 Å². The quantitative estimate of drug-likeness (QED) is 0.0590. The summed E-state index contributed by atoms with van der Waals surface area (Å²) in [6.07, 6.45) is 28.5. The third-order valence-electron chi connectivity index (χ3n) is 8.44. The molecule has 45 heavy (non-hydrogen) atoms. The van der Waals surface area contributed by atoms with Crippen LogP contribution in [0, 0.1) is 0 Å². The van der Waals surface area contributed by atoms with Gasteiger partial charge in [0, 0.05) is 20.4 Å². The average Bonchev–Trinajstić information content (AvgIpc) is 3.02. The summed E-state index contributed by atoms with van der Waals surface area (Å²) in [5.74, 6) is 0. The van der Waals surface area contributed by atoms with Crippen molar-refractivity contribution in [2.75, 3.05) is 0 Å². The molecule has 0 spiro atoms. The minimum Gasteiger partial charge on any atom is -0.251 e. The topological polar surface area (TPSA) is 24.7 Å². The molecular weight excluding hydrogens is 639 g/mol. The maximum absolute atomic E-state index is 5.42. The molecule has 3 heteroatoms. The molecule has 0 atom stereocenters. The third-order valence-corrected chi connectivity index (χ3v) is 8.44. The monoisotopic (exact) mass is 704 g/mol. The summed E-state index contributed by atoms with van der Waals surface area (Å²) in [6.45, 7) is 13.6. The van der Waals surface area contributed by atoms with Gasteiger partial charge in [0.05, 0.1) is 22.8 Å². The Morgan fingerprint density at radius 1 is 0.489 bits per heavy atom. The van der Waals surface area contributed by atoms with Gasteiger partial charge >= 0.3 is 0 Å². The second kappa shape index (κ2) is 26.3. The molecule has 2 aromatic rings. The van der Waals surface area contributed by atoms with Crippen molar-refractivity contribution in [1.82, 2.24) is 0 Å². The zero-order valence-corrected chi connectivity index (χ0v) is 31.5. The Kier molecular flexibility index (Phi) is 24.1. The Morgan fingerprint density at radius 2 is 0.867 bits per heavy atom. The standard InChI is InChI=1S/C42H66N2.Pd/c1-7-13-19-23-35-29-36(24-20-14-8-2)32-39(31-35)43-41(27-17-11-5)42(28-18-12-6)44-40-33-37(25-21-15-9-3)30-38(34-40)26-22-16-10-4;/h17,27,29-34H,7-16,18-26,28H2,1-6H3;. The fourth-order valence-electron chi connectivity index (χ4n) is 5.82. The van der Waals surface area contributed by atoms with Gasteiger partial charge in [0.2, 0.25) is 0 Å². The molecule has 0 aliphatic heterocycles. The van der Waals surface area contributed by atoms with Crippen molar-refractivity contribution >= 4 is 22.8 Å². The van der Waals surface area contributed by atoms with Crippen LogP contribution in [0.25, 0.3) is 0 Å². The molecule has 2 rings (SSSR count). The summed E-state index contributed by atoms with van der Waals surface area (Å²) in [6, 6.07) is 14.3. The summed E-state index contributed by atoms with van der Waals surface area (Å²) in [4.78, 5) is 10.8. The first-order valence-electron chi connectivity index (χ1n) is 18.6. The van der Waals surface area contributed by atoms with Crippen LogP contribution in [0.15, 0.2) is 58.5 Å². The van der Waals surface area contributed by atoms with Gasteiger partial charge in [-0.15, -0.1) is 0 Å². The third kappa shape index (κ3) is 17.6. The van der Waals surface area contributed by atoms with Crippen LogP contribution in [0.1, 0.15) is 167 Å². The smallest absolute Gasteiger partial charge is 0.0848 e. The maximum Gasteiger partial charge on any atom is 0.0848 e. The first kappa shape index (κ1) is 41.2. The Balaban J connectivity index is 0.0000101. The van der Waals surface area contributed by atoms with Gasteiger partial charge in [0.15, 0.2) is 0 Å². The van der Waals surface area contributed by atoms with Crippen molar-refractivity contribution in [3.8, 4) is 0 Å². The van der Waals surface area contributed by atoms with E-state index in [0.717, 1.165) is 74.2 Å². The molecule has 0 amide bonds. The molecule has 0 aromatic heterocycles. The number of aliphatic imine (C=N–C) groups is 2. The number of nitrogens with zero attached hydrogens (tertiary/aromatic N) is 2. The van der Waals surface area contributed by atoms with Crippen LogP contribution in [0.4, 0.5) is 11.4 Å². The van der Waals surface area contributed by atoms with E-state index in [4.69, 9.17) is 9.98 Å². The van der Waals surface area contributed by atoms with Crippen LogP contribution >= 0.6 is 0 Å². The molecule has 0 radical (unpaired) electrons. The molecule has 0 aliphatic carbocycles. The molecular formula is C42H66N2Pd. The second-order valence-corrected chi connectivity index (χ2v) is 12.8. The summed E-state index contributed by atoms with van der Waals surface area (Å²) >= 11 is 0. The van der Waals surface area contributed by atoms with E-state index in [1.807, 2.05) is 0 Å². The van der Waals surface area contributed by atoms with Crippen LogP contribution in [0.5, 0.6) is 0 Å². The van der Waals surface area contributed by atoms with E-state index in [0.29, 0.717) is 0 Å². The van der Waals surface area contributed by atoms with Gasteiger partial charge in [0.25, 0.3) is 0 Å². The fourth-order valence-corrected chi connectivity index (χ4v) is 5.82. The summed E-state index contributed by atoms with van der Waals surface area (Å²) in [5, 5.41) is 0. The molecule has 0 saturated heterocycles. The predicted molar refractivity (Wildman–Crippen MR) is 199 cm³/mol. The zero-order chi connectivity index (χ0) is 31.8. The maximum atomic E-state index is 5.42. The van der Waals surface area contributed by atoms with Crippen LogP contribution in [-0.2, 0) is 46.1 Å². The zero-order valence-electron chi connectivity index (χ0n) is 30.0. The summed E-state index contributed by atoms with van der Waals surface area (Å²) in [7, 11) is 0. The summed E-state index contributed by atoms with van der Waals surface area (Å²) < 4.78 is 0. The first-order chi connectivity index (χ1) is 21.6. The van der Waals surface area contributed by atoms with Crippen molar-refractivity contribution in [1.29, 1.82) is 0 Å². The van der Waals surface area contributed by atoms with Crippen molar-refractivity contribution in [3.63, 3.8) is 0 Å². The SMILES string of the molecule is CCC=CC(=Nc1cc(CCCCC)cc(CCCCC)c1)C(CCCC)=Nc1cc(CCCCC)cc(CCCCC)c1.[Pd]. The van der Waals surface area contributed by atoms with Crippen molar-refractivity contribution in [2.24, 2.45) is 9.98 Å². The number of rotatable bonds is 24. The van der Waals surface area contributed by atoms with E-state index >= 15 is 0 Å². The average molecular weight is 705 g/mol. The Labute approximate surface area is 292 Å². The van der Waals surface area contributed by atoms with Gasteiger partial charge in [-0.2, -0.15) is 0 Å². The molecule has 254 valence electrons. The van der Waals surface area contributed by atoms with Gasteiger partial charge in [-0.05, 0) is 123 Å². The van der Waals surface area contributed by atoms with Crippen molar-refractivity contribution < 1.29 is 20.4 Å². The Morgan fingerprint density at radius 3 is 1.22 bits per heavy atom. The number of allylic oxidation sites excluding steroid dienone is 2. The molecule has 2 aromatic carbocycles. The van der Waals surface area contributed by atoms with Crippen molar-refractivity contribution in [3.05, 3.63) is 70.8 Å². The normalized spacial score (nSPS) is 12.2. The van der Waals surface area contributed by atoms with Crippen LogP contribution in [-0.4, -0.2) is 11.4 Å². The fraction of sp³-hybridized carbons (Fsp3) is 0.619. The minimum absolute atomic E-state index is 0. The number of benzene rings is 2. The molecule has 0 saturated carbocycles. The predicted octanol–water partition coefficient (Wildman–Crippen LogP) is 13.6. The van der Waals surface area contributed by atoms with E-state index in [9.17, 15) is 0 Å². The van der Waals surface area contributed by atoms with Gasteiger partial charge < -0.3 is 0 Å². The second-order valence-electron chi connectivity index (χ2n) is 12.8. The number of unbranched alkanes of at least 4 members (excludes halogenated alkanes) is 9. The molecule has 2 nitrogen and oxygen atoms in total. The molecule has 0 heterocycles. The van der Waals surface area contributed by atoms with Gasteiger partial charge in [-0.25, -0.2) is 4.99 Å². The largest absolute Gasteiger partial charge is 0.251 e. The van der Waals surface area contributed by atoms with E-state index in [1.165, 1.54) is 99.3 Å². The van der Waals surface area contributed by atoms with Crippen LogP contribution in [0.2, 0.25) is 0 Å². The molecule has 0 bridgehead atoms. The van der Waals surface area contributed by atoms with Crippen LogP contribution < -0.4 is 0 Å². The minimum atomic E-state index is 0.